The van der Waals surface area contributed by atoms with E-state index in [0.29, 0.717) is 23.7 Å². The van der Waals surface area contributed by atoms with Gasteiger partial charge in [0.1, 0.15) is 11.5 Å². The van der Waals surface area contributed by atoms with Crippen LogP contribution < -0.4 is 14.8 Å². The summed E-state index contributed by atoms with van der Waals surface area (Å²) in [6.45, 7) is 1.54. The summed E-state index contributed by atoms with van der Waals surface area (Å²) in [6.07, 6.45) is 0.926. The SMILES string of the molecule is CNCCCOc1cc(C#N)cc(OC)c1. The molecule has 4 heteroatoms. The summed E-state index contributed by atoms with van der Waals surface area (Å²) in [5.74, 6) is 1.31. The van der Waals surface area contributed by atoms with Crippen LogP contribution in [0.2, 0.25) is 0 Å². The van der Waals surface area contributed by atoms with Crippen molar-refractivity contribution < 1.29 is 9.47 Å². The Labute approximate surface area is 95.8 Å². The number of nitrogens with one attached hydrogen (secondary N) is 1. The first-order valence-electron chi connectivity index (χ1n) is 5.16. The van der Waals surface area contributed by atoms with Crippen molar-refractivity contribution in [1.29, 1.82) is 5.26 Å². The number of nitriles is 1. The van der Waals surface area contributed by atoms with Gasteiger partial charge in [0.15, 0.2) is 0 Å². The fourth-order valence-corrected chi connectivity index (χ4v) is 1.28. The summed E-state index contributed by atoms with van der Waals surface area (Å²) in [6, 6.07) is 7.24. The fourth-order valence-electron chi connectivity index (χ4n) is 1.28. The van der Waals surface area contributed by atoms with Crippen molar-refractivity contribution in [2.45, 2.75) is 6.42 Å². The standard InChI is InChI=1S/C12H16N2O2/c1-14-4-3-5-16-12-7-10(9-13)6-11(8-12)15-2/h6-8,14H,3-5H2,1-2H3. The predicted octanol–water partition coefficient (Wildman–Crippen LogP) is 1.56. The highest BCUT2D eigenvalue weighted by molar-refractivity contribution is 5.43. The van der Waals surface area contributed by atoms with Gasteiger partial charge in [-0.05, 0) is 32.1 Å². The Morgan fingerprint density at radius 3 is 2.69 bits per heavy atom. The van der Waals surface area contributed by atoms with Gasteiger partial charge in [0, 0.05) is 6.07 Å². The van der Waals surface area contributed by atoms with Crippen molar-refractivity contribution in [3.8, 4) is 17.6 Å². The summed E-state index contributed by atoms with van der Waals surface area (Å²) in [5.41, 5.74) is 0.544. The molecule has 0 saturated carbocycles. The van der Waals surface area contributed by atoms with Crippen molar-refractivity contribution in [3.63, 3.8) is 0 Å². The van der Waals surface area contributed by atoms with Gasteiger partial charge in [0.25, 0.3) is 0 Å². The maximum atomic E-state index is 8.82. The number of hydrogen-bond acceptors (Lipinski definition) is 4. The molecule has 1 aromatic carbocycles. The molecule has 0 atom stereocenters. The Hall–Kier alpha value is -1.73. The first-order chi connectivity index (χ1) is 7.80. The molecule has 0 aliphatic heterocycles. The number of methoxy groups -OCH3 is 1. The van der Waals surface area contributed by atoms with E-state index >= 15 is 0 Å². The van der Waals surface area contributed by atoms with Gasteiger partial charge in [-0.2, -0.15) is 5.26 Å². The zero-order chi connectivity index (χ0) is 11.8. The summed E-state index contributed by atoms with van der Waals surface area (Å²) < 4.78 is 10.6. The van der Waals surface area contributed by atoms with Crippen molar-refractivity contribution in [3.05, 3.63) is 23.8 Å². The van der Waals surface area contributed by atoms with Crippen LogP contribution in [-0.4, -0.2) is 27.3 Å². The molecule has 0 saturated heterocycles. The van der Waals surface area contributed by atoms with Gasteiger partial charge in [0.05, 0.1) is 25.3 Å². The summed E-state index contributed by atoms with van der Waals surface area (Å²) in [4.78, 5) is 0. The van der Waals surface area contributed by atoms with E-state index in [9.17, 15) is 0 Å². The monoisotopic (exact) mass is 220 g/mol. The molecular formula is C12H16N2O2. The van der Waals surface area contributed by atoms with Crippen LogP contribution in [0, 0.1) is 11.3 Å². The van der Waals surface area contributed by atoms with E-state index in [1.165, 1.54) is 0 Å². The molecular weight excluding hydrogens is 204 g/mol. The lowest BCUT2D eigenvalue weighted by atomic mass is 10.2. The van der Waals surface area contributed by atoms with Crippen molar-refractivity contribution in [2.24, 2.45) is 0 Å². The maximum Gasteiger partial charge on any atom is 0.124 e. The molecule has 0 aromatic heterocycles. The molecule has 16 heavy (non-hydrogen) atoms. The van der Waals surface area contributed by atoms with E-state index in [1.807, 2.05) is 7.05 Å². The highest BCUT2D eigenvalue weighted by Gasteiger charge is 2.01. The molecule has 0 bridgehead atoms. The predicted molar refractivity (Wildman–Crippen MR) is 61.7 cm³/mol. The zero-order valence-electron chi connectivity index (χ0n) is 9.62. The second-order valence-corrected chi connectivity index (χ2v) is 3.31. The van der Waals surface area contributed by atoms with E-state index < -0.39 is 0 Å². The first-order valence-corrected chi connectivity index (χ1v) is 5.16. The zero-order valence-corrected chi connectivity index (χ0v) is 9.62. The smallest absolute Gasteiger partial charge is 0.124 e. The molecule has 0 aliphatic rings. The molecule has 0 amide bonds. The number of benzene rings is 1. The Morgan fingerprint density at radius 2 is 2.06 bits per heavy atom. The highest BCUT2D eigenvalue weighted by Crippen LogP contribution is 2.22. The summed E-state index contributed by atoms with van der Waals surface area (Å²) in [5, 5.41) is 11.9. The van der Waals surface area contributed by atoms with E-state index in [2.05, 4.69) is 11.4 Å². The Bertz CT molecular complexity index is 372. The van der Waals surface area contributed by atoms with Crippen molar-refractivity contribution in [1.82, 2.24) is 5.32 Å². The molecule has 1 aromatic rings. The summed E-state index contributed by atoms with van der Waals surface area (Å²) in [7, 11) is 3.47. The molecule has 0 aliphatic carbocycles. The third-order valence-electron chi connectivity index (χ3n) is 2.08. The average Bonchev–Trinajstić information content (AvgIpc) is 2.34. The van der Waals surface area contributed by atoms with Crippen LogP contribution in [-0.2, 0) is 0 Å². The van der Waals surface area contributed by atoms with Crippen LogP contribution >= 0.6 is 0 Å². The van der Waals surface area contributed by atoms with E-state index in [0.717, 1.165) is 13.0 Å². The molecule has 1 N–H and O–H groups in total. The lowest BCUT2D eigenvalue weighted by Gasteiger charge is -2.08. The molecule has 86 valence electrons. The minimum atomic E-state index is 0.544. The highest BCUT2D eigenvalue weighted by atomic mass is 16.5. The minimum Gasteiger partial charge on any atom is -0.497 e. The third kappa shape index (κ3) is 3.79. The molecule has 0 fully saturated rings. The number of ether oxygens (including phenoxy) is 2. The van der Waals surface area contributed by atoms with Gasteiger partial charge >= 0.3 is 0 Å². The van der Waals surface area contributed by atoms with Gasteiger partial charge in [0.2, 0.25) is 0 Å². The van der Waals surface area contributed by atoms with Gasteiger partial charge in [-0.3, -0.25) is 0 Å². The van der Waals surface area contributed by atoms with E-state index in [-0.39, 0.29) is 0 Å². The van der Waals surface area contributed by atoms with Crippen LogP contribution in [0.3, 0.4) is 0 Å². The van der Waals surface area contributed by atoms with Crippen LogP contribution in [0.25, 0.3) is 0 Å². The molecule has 0 heterocycles. The van der Waals surface area contributed by atoms with Crippen LogP contribution in [0.5, 0.6) is 11.5 Å². The molecule has 4 nitrogen and oxygen atoms in total. The normalized spacial score (nSPS) is 9.56. The molecule has 0 unspecified atom stereocenters. The van der Waals surface area contributed by atoms with Crippen molar-refractivity contribution in [2.75, 3.05) is 27.3 Å². The Balaban J connectivity index is 2.61. The van der Waals surface area contributed by atoms with E-state index in [4.69, 9.17) is 14.7 Å². The maximum absolute atomic E-state index is 8.82. The summed E-state index contributed by atoms with van der Waals surface area (Å²) >= 11 is 0. The molecule has 1 rings (SSSR count). The Morgan fingerprint density at radius 1 is 1.31 bits per heavy atom. The topological polar surface area (TPSA) is 54.3 Å². The van der Waals surface area contributed by atoms with Gasteiger partial charge in [-0.25, -0.2) is 0 Å². The largest absolute Gasteiger partial charge is 0.497 e. The molecule has 0 spiro atoms. The van der Waals surface area contributed by atoms with Gasteiger partial charge in [-0.15, -0.1) is 0 Å². The van der Waals surface area contributed by atoms with Crippen molar-refractivity contribution >= 4 is 0 Å². The second kappa shape index (κ2) is 6.70. The van der Waals surface area contributed by atoms with Gasteiger partial charge in [-0.1, -0.05) is 0 Å². The first kappa shape index (κ1) is 12.3. The number of hydrogen-bond donors (Lipinski definition) is 1. The minimum absolute atomic E-state index is 0.544. The number of nitrogens with zero attached hydrogens (tertiary/aromatic N) is 1. The van der Waals surface area contributed by atoms with E-state index in [1.54, 1.807) is 25.3 Å². The van der Waals surface area contributed by atoms with Crippen LogP contribution in [0.1, 0.15) is 12.0 Å². The molecule has 0 radical (unpaired) electrons. The van der Waals surface area contributed by atoms with Gasteiger partial charge < -0.3 is 14.8 Å². The third-order valence-corrected chi connectivity index (χ3v) is 2.08. The lowest BCUT2D eigenvalue weighted by molar-refractivity contribution is 0.307. The number of rotatable bonds is 6. The Kier molecular flexibility index (Phi) is 5.17. The van der Waals surface area contributed by atoms with Crippen LogP contribution in [0.15, 0.2) is 18.2 Å². The van der Waals surface area contributed by atoms with Crippen LogP contribution in [0.4, 0.5) is 0 Å². The second-order valence-electron chi connectivity index (χ2n) is 3.31. The lowest BCUT2D eigenvalue weighted by Crippen LogP contribution is -2.11. The quantitative estimate of drug-likeness (QED) is 0.739. The average molecular weight is 220 g/mol. The fraction of sp³-hybridized carbons (Fsp3) is 0.417.